The number of imidazole rings is 1. The zero-order valence-corrected chi connectivity index (χ0v) is 19.3. The highest BCUT2D eigenvalue weighted by Crippen LogP contribution is 2.33. The Morgan fingerprint density at radius 3 is 2.71 bits per heavy atom. The molecule has 1 amide bonds. The van der Waals surface area contributed by atoms with Gasteiger partial charge in [-0.25, -0.2) is 4.98 Å². The summed E-state index contributed by atoms with van der Waals surface area (Å²) in [5, 5.41) is 6.47. The number of anilines is 1. The van der Waals surface area contributed by atoms with Gasteiger partial charge >= 0.3 is 12.1 Å². The molecule has 1 aliphatic heterocycles. The van der Waals surface area contributed by atoms with E-state index in [1.54, 1.807) is 36.4 Å². The molecule has 1 fully saturated rings. The molecule has 1 aromatic heterocycles. The van der Waals surface area contributed by atoms with E-state index in [2.05, 4.69) is 32.4 Å². The molecule has 1 saturated heterocycles. The number of benzene rings is 2. The highest BCUT2D eigenvalue weighted by atomic mass is 35.5. The number of amides is 1. The second kappa shape index (κ2) is 10.8. The summed E-state index contributed by atoms with van der Waals surface area (Å²) in [4.78, 5) is 18.7. The van der Waals surface area contributed by atoms with Crippen molar-refractivity contribution < 1.29 is 22.7 Å². The number of hydrogen-bond donors (Lipinski definition) is 3. The Bertz CT molecular complexity index is 1260. The normalized spacial score (nSPS) is 14.2. The van der Waals surface area contributed by atoms with E-state index in [-0.39, 0.29) is 11.5 Å². The van der Waals surface area contributed by atoms with E-state index in [0.717, 1.165) is 32.1 Å². The summed E-state index contributed by atoms with van der Waals surface area (Å²) >= 11 is 5.95. The molecule has 3 aromatic rings. The molecule has 0 aliphatic carbocycles. The second-order valence-electron chi connectivity index (χ2n) is 8.07. The molecule has 1 aliphatic rings. The topological polar surface area (TPSA) is 79.0 Å². The van der Waals surface area contributed by atoms with Crippen LogP contribution < -0.4 is 15.4 Å². The first-order valence-electron chi connectivity index (χ1n) is 11.0. The maximum absolute atomic E-state index is 13.0. The fourth-order valence-corrected chi connectivity index (χ4v) is 3.81. The van der Waals surface area contributed by atoms with Crippen LogP contribution in [0, 0.1) is 17.8 Å². The number of aromatic nitrogens is 2. The van der Waals surface area contributed by atoms with Gasteiger partial charge in [-0.3, -0.25) is 4.79 Å². The number of rotatable bonds is 5. The Hall–Kier alpha value is -3.48. The van der Waals surface area contributed by atoms with Crippen LogP contribution >= 0.6 is 11.6 Å². The van der Waals surface area contributed by atoms with E-state index in [1.807, 2.05) is 0 Å². The van der Waals surface area contributed by atoms with Gasteiger partial charge < -0.3 is 20.4 Å². The number of carbonyl (C=O) groups excluding carboxylic acids is 1. The van der Waals surface area contributed by atoms with E-state index in [1.165, 1.54) is 6.07 Å². The second-order valence-corrected chi connectivity index (χ2v) is 8.51. The molecule has 4 rings (SSSR count). The van der Waals surface area contributed by atoms with Gasteiger partial charge in [0.25, 0.3) is 0 Å². The van der Waals surface area contributed by atoms with Crippen LogP contribution in [0.25, 0.3) is 11.4 Å². The van der Waals surface area contributed by atoms with Crippen LogP contribution in [0.3, 0.4) is 0 Å². The van der Waals surface area contributed by atoms with Crippen molar-refractivity contribution in [2.24, 2.45) is 5.92 Å². The highest BCUT2D eigenvalue weighted by molar-refractivity contribution is 6.30. The number of nitrogens with one attached hydrogen (secondary N) is 3. The number of aromatic amines is 1. The fraction of sp³-hybridized carbons (Fsp3) is 0.280. The molecule has 3 N–H and O–H groups in total. The third-order valence-electron chi connectivity index (χ3n) is 5.46. The number of ether oxygens (including phenoxy) is 1. The standard InChI is InChI=1S/C25H22ClF3N4O2/c26-19-3-1-2-16(12-19)4-7-23(34)32-20-13-18(24-31-14-22(33-24)25(27,28)29)5-6-21(20)35-15-17-8-10-30-11-9-17/h1-3,5-6,12-14,17,30H,8-11,15H2,(H,31,33)(H,32,34). The van der Waals surface area contributed by atoms with E-state index >= 15 is 0 Å². The van der Waals surface area contributed by atoms with Gasteiger partial charge in [0.05, 0.1) is 18.5 Å². The molecule has 6 nitrogen and oxygen atoms in total. The largest absolute Gasteiger partial charge is 0.491 e. The number of hydrogen-bond acceptors (Lipinski definition) is 4. The lowest BCUT2D eigenvalue weighted by atomic mass is 9.99. The van der Waals surface area contributed by atoms with Gasteiger partial charge in [0.1, 0.15) is 17.3 Å². The Balaban J connectivity index is 1.57. The number of nitrogens with zero attached hydrogens (tertiary/aromatic N) is 1. The van der Waals surface area contributed by atoms with Gasteiger partial charge in [-0.05, 0) is 68.2 Å². The molecule has 0 bridgehead atoms. The predicted octanol–water partition coefficient (Wildman–Crippen LogP) is 5.12. The Kier molecular flexibility index (Phi) is 7.63. The van der Waals surface area contributed by atoms with Crippen molar-refractivity contribution in [3.63, 3.8) is 0 Å². The van der Waals surface area contributed by atoms with Gasteiger partial charge in [-0.15, -0.1) is 0 Å². The molecule has 2 aromatic carbocycles. The number of alkyl halides is 3. The summed E-state index contributed by atoms with van der Waals surface area (Å²) in [5.74, 6) is 5.40. The Labute approximate surface area is 205 Å². The van der Waals surface area contributed by atoms with Crippen molar-refractivity contribution in [1.29, 1.82) is 0 Å². The average molecular weight is 503 g/mol. The molecule has 182 valence electrons. The van der Waals surface area contributed by atoms with E-state index in [9.17, 15) is 18.0 Å². The summed E-state index contributed by atoms with van der Waals surface area (Å²) in [6.45, 7) is 2.28. The lowest BCUT2D eigenvalue weighted by molar-refractivity contribution is -0.140. The van der Waals surface area contributed by atoms with Crippen molar-refractivity contribution in [3.05, 3.63) is 64.9 Å². The average Bonchev–Trinajstić information content (AvgIpc) is 3.34. The van der Waals surface area contributed by atoms with Crippen molar-refractivity contribution in [3.8, 4) is 29.0 Å². The minimum Gasteiger partial charge on any atom is -0.491 e. The molecular weight excluding hydrogens is 481 g/mol. The van der Waals surface area contributed by atoms with Crippen molar-refractivity contribution in [1.82, 2.24) is 15.3 Å². The first kappa shape index (κ1) is 24.6. The number of halogens is 4. The Morgan fingerprint density at radius 2 is 2.00 bits per heavy atom. The molecule has 10 heteroatoms. The summed E-state index contributed by atoms with van der Waals surface area (Å²) in [6.07, 6.45) is -1.88. The molecule has 0 radical (unpaired) electrons. The fourth-order valence-electron chi connectivity index (χ4n) is 3.62. The summed E-state index contributed by atoms with van der Waals surface area (Å²) < 4.78 is 44.9. The van der Waals surface area contributed by atoms with Crippen LogP contribution in [-0.4, -0.2) is 35.6 Å². The monoisotopic (exact) mass is 502 g/mol. The first-order valence-corrected chi connectivity index (χ1v) is 11.3. The van der Waals surface area contributed by atoms with Crippen LogP contribution in [0.1, 0.15) is 24.1 Å². The molecule has 0 saturated carbocycles. The van der Waals surface area contributed by atoms with E-state index in [4.69, 9.17) is 16.3 Å². The van der Waals surface area contributed by atoms with Crippen molar-refractivity contribution in [2.45, 2.75) is 19.0 Å². The van der Waals surface area contributed by atoms with Gasteiger partial charge in [0.15, 0.2) is 0 Å². The van der Waals surface area contributed by atoms with Crippen LogP contribution in [0.15, 0.2) is 48.7 Å². The smallest absolute Gasteiger partial charge is 0.432 e. The van der Waals surface area contributed by atoms with Crippen LogP contribution in [-0.2, 0) is 11.0 Å². The van der Waals surface area contributed by atoms with Crippen molar-refractivity contribution >= 4 is 23.2 Å². The zero-order valence-electron chi connectivity index (χ0n) is 18.5. The maximum atomic E-state index is 13.0. The third kappa shape index (κ3) is 6.78. The molecule has 0 atom stereocenters. The summed E-state index contributed by atoms with van der Waals surface area (Å²) in [7, 11) is 0. The quantitative estimate of drug-likeness (QED) is 0.423. The minimum absolute atomic E-state index is 0.0164. The van der Waals surface area contributed by atoms with Gasteiger partial charge in [-0.2, -0.15) is 13.2 Å². The molecule has 0 unspecified atom stereocenters. The van der Waals surface area contributed by atoms with Gasteiger partial charge in [-0.1, -0.05) is 23.6 Å². The Morgan fingerprint density at radius 1 is 1.20 bits per heavy atom. The summed E-state index contributed by atoms with van der Waals surface area (Å²) in [6, 6.07) is 11.5. The SMILES string of the molecule is O=C(C#Cc1cccc(Cl)c1)Nc1cc(-c2ncc(C(F)(F)F)[nH]2)ccc1OCC1CCNCC1. The number of carbonyl (C=O) groups is 1. The van der Waals surface area contributed by atoms with Crippen molar-refractivity contribution in [2.75, 3.05) is 25.0 Å². The van der Waals surface area contributed by atoms with E-state index < -0.39 is 17.8 Å². The molecule has 2 heterocycles. The first-order chi connectivity index (χ1) is 16.8. The molecule has 0 spiro atoms. The maximum Gasteiger partial charge on any atom is 0.432 e. The van der Waals surface area contributed by atoms with Crippen LogP contribution in [0.4, 0.5) is 18.9 Å². The van der Waals surface area contributed by atoms with Crippen LogP contribution in [0.5, 0.6) is 5.75 Å². The lowest BCUT2D eigenvalue weighted by Crippen LogP contribution is -2.30. The highest BCUT2D eigenvalue weighted by Gasteiger charge is 2.33. The molecule has 35 heavy (non-hydrogen) atoms. The zero-order chi connectivity index (χ0) is 24.8. The lowest BCUT2D eigenvalue weighted by Gasteiger charge is -2.23. The number of H-pyrrole nitrogens is 1. The van der Waals surface area contributed by atoms with Gasteiger partial charge in [0.2, 0.25) is 0 Å². The van der Waals surface area contributed by atoms with Gasteiger partial charge in [0, 0.05) is 22.1 Å². The number of piperidine rings is 1. The third-order valence-corrected chi connectivity index (χ3v) is 5.70. The minimum atomic E-state index is -4.55. The predicted molar refractivity (Wildman–Crippen MR) is 127 cm³/mol. The summed E-state index contributed by atoms with van der Waals surface area (Å²) in [5.41, 5.74) is 0.246. The van der Waals surface area contributed by atoms with Crippen LogP contribution in [0.2, 0.25) is 5.02 Å². The van der Waals surface area contributed by atoms with E-state index in [0.29, 0.717) is 34.4 Å². The molecular formula is C25H22ClF3N4O2.